The largest absolute Gasteiger partial charge is 0.508 e. The van der Waals surface area contributed by atoms with Crippen molar-refractivity contribution in [3.8, 4) is 16.9 Å². The van der Waals surface area contributed by atoms with Gasteiger partial charge in [0.25, 0.3) is 0 Å². The Labute approximate surface area is 132 Å². The van der Waals surface area contributed by atoms with Crippen LogP contribution >= 0.6 is 11.6 Å². The molecule has 3 nitrogen and oxygen atoms in total. The standard InChI is InChI=1S/C18H15ClO3/c1-3-11-8-13-16(9-15(11)20)22-10(2)17(18(13)21)12-6-4-5-7-14(12)19/h4-9,20H,3H2,1-2H3. The second-order valence-electron chi connectivity index (χ2n) is 5.17. The number of phenolic OH excluding ortho intramolecular Hbond substituents is 1. The predicted octanol–water partition coefficient (Wildman–Crippen LogP) is 4.69. The molecule has 3 aromatic rings. The number of fused-ring (bicyclic) bond motifs is 1. The van der Waals surface area contributed by atoms with Crippen LogP contribution in [0.1, 0.15) is 18.2 Å². The van der Waals surface area contributed by atoms with Gasteiger partial charge in [0.2, 0.25) is 5.43 Å². The summed E-state index contributed by atoms with van der Waals surface area (Å²) in [6.07, 6.45) is 0.635. The van der Waals surface area contributed by atoms with Crippen molar-refractivity contribution in [1.82, 2.24) is 0 Å². The first-order valence-electron chi connectivity index (χ1n) is 7.07. The van der Waals surface area contributed by atoms with Crippen molar-refractivity contribution in [1.29, 1.82) is 0 Å². The van der Waals surface area contributed by atoms with Gasteiger partial charge in [-0.1, -0.05) is 36.7 Å². The van der Waals surface area contributed by atoms with E-state index in [0.717, 1.165) is 0 Å². The highest BCUT2D eigenvalue weighted by atomic mass is 35.5. The lowest BCUT2D eigenvalue weighted by atomic mass is 10.0. The van der Waals surface area contributed by atoms with Crippen LogP contribution in [0.2, 0.25) is 5.02 Å². The van der Waals surface area contributed by atoms with Crippen molar-refractivity contribution < 1.29 is 9.52 Å². The fourth-order valence-electron chi connectivity index (χ4n) is 2.65. The molecule has 4 heteroatoms. The van der Waals surface area contributed by atoms with Crippen molar-refractivity contribution in [2.24, 2.45) is 0 Å². The third-order valence-electron chi connectivity index (χ3n) is 3.79. The topological polar surface area (TPSA) is 50.4 Å². The maximum Gasteiger partial charge on any atom is 0.200 e. The SMILES string of the molecule is CCc1cc2c(=O)c(-c3ccccc3Cl)c(C)oc2cc1O. The number of aromatic hydroxyl groups is 1. The number of phenols is 1. The third-order valence-corrected chi connectivity index (χ3v) is 4.12. The van der Waals surface area contributed by atoms with Gasteiger partial charge in [-0.05, 0) is 31.0 Å². The first-order valence-corrected chi connectivity index (χ1v) is 7.45. The van der Waals surface area contributed by atoms with Gasteiger partial charge in [-0.15, -0.1) is 0 Å². The molecule has 1 aromatic heterocycles. The summed E-state index contributed by atoms with van der Waals surface area (Å²) in [5, 5.41) is 10.9. The molecule has 0 fully saturated rings. The van der Waals surface area contributed by atoms with Gasteiger partial charge in [-0.3, -0.25) is 4.79 Å². The van der Waals surface area contributed by atoms with Gasteiger partial charge in [0.05, 0.1) is 10.9 Å². The maximum absolute atomic E-state index is 12.9. The molecule has 2 aromatic carbocycles. The van der Waals surface area contributed by atoms with E-state index in [-0.39, 0.29) is 11.2 Å². The van der Waals surface area contributed by atoms with Crippen LogP contribution in [0, 0.1) is 6.92 Å². The summed E-state index contributed by atoms with van der Waals surface area (Å²) in [7, 11) is 0. The Kier molecular flexibility index (Phi) is 3.67. The minimum Gasteiger partial charge on any atom is -0.508 e. The van der Waals surface area contributed by atoms with E-state index in [1.807, 2.05) is 19.1 Å². The molecule has 0 radical (unpaired) electrons. The molecule has 1 heterocycles. The van der Waals surface area contributed by atoms with E-state index in [0.29, 0.717) is 44.9 Å². The lowest BCUT2D eigenvalue weighted by Crippen LogP contribution is -2.08. The normalized spacial score (nSPS) is 11.0. The number of halogens is 1. The molecule has 0 unspecified atom stereocenters. The van der Waals surface area contributed by atoms with E-state index in [1.165, 1.54) is 6.07 Å². The average molecular weight is 315 g/mol. The van der Waals surface area contributed by atoms with E-state index >= 15 is 0 Å². The second-order valence-corrected chi connectivity index (χ2v) is 5.58. The monoisotopic (exact) mass is 314 g/mol. The van der Waals surface area contributed by atoms with Crippen LogP contribution in [0.25, 0.3) is 22.1 Å². The van der Waals surface area contributed by atoms with E-state index in [9.17, 15) is 9.90 Å². The van der Waals surface area contributed by atoms with Gasteiger partial charge in [0.1, 0.15) is 17.1 Å². The minimum atomic E-state index is -0.137. The molecule has 0 bridgehead atoms. The van der Waals surface area contributed by atoms with Crippen molar-refractivity contribution >= 4 is 22.6 Å². The molecule has 0 saturated heterocycles. The smallest absolute Gasteiger partial charge is 0.200 e. The highest BCUT2D eigenvalue weighted by Gasteiger charge is 2.17. The van der Waals surface area contributed by atoms with E-state index in [2.05, 4.69) is 0 Å². The van der Waals surface area contributed by atoms with E-state index in [1.54, 1.807) is 25.1 Å². The van der Waals surface area contributed by atoms with Gasteiger partial charge >= 0.3 is 0 Å². The summed E-state index contributed by atoms with van der Waals surface area (Å²) in [5.74, 6) is 0.622. The van der Waals surface area contributed by atoms with Crippen LogP contribution in [-0.2, 0) is 6.42 Å². The molecule has 112 valence electrons. The molecule has 22 heavy (non-hydrogen) atoms. The number of aryl methyl sites for hydroxylation is 2. The van der Waals surface area contributed by atoms with Crippen molar-refractivity contribution in [2.45, 2.75) is 20.3 Å². The Morgan fingerprint density at radius 3 is 2.64 bits per heavy atom. The molecule has 3 rings (SSSR count). The molecule has 0 spiro atoms. The molecule has 0 saturated carbocycles. The van der Waals surface area contributed by atoms with Crippen molar-refractivity contribution in [3.05, 3.63) is 63.0 Å². The van der Waals surface area contributed by atoms with Crippen LogP contribution in [-0.4, -0.2) is 5.11 Å². The fraction of sp³-hybridized carbons (Fsp3) is 0.167. The van der Waals surface area contributed by atoms with Crippen LogP contribution in [0.3, 0.4) is 0 Å². The Bertz CT molecular complexity index is 925. The highest BCUT2D eigenvalue weighted by Crippen LogP contribution is 2.31. The number of rotatable bonds is 2. The molecular weight excluding hydrogens is 300 g/mol. The minimum absolute atomic E-state index is 0.137. The third kappa shape index (κ3) is 2.28. The summed E-state index contributed by atoms with van der Waals surface area (Å²) in [5.41, 5.74) is 2.08. The van der Waals surface area contributed by atoms with Crippen molar-refractivity contribution in [2.75, 3.05) is 0 Å². The predicted molar refractivity (Wildman–Crippen MR) is 88.7 cm³/mol. The zero-order chi connectivity index (χ0) is 15.9. The van der Waals surface area contributed by atoms with Crippen LogP contribution < -0.4 is 5.43 Å². The maximum atomic E-state index is 12.9. The van der Waals surface area contributed by atoms with Crippen LogP contribution in [0.5, 0.6) is 5.75 Å². The molecule has 0 aliphatic carbocycles. The van der Waals surface area contributed by atoms with Gasteiger partial charge in [0, 0.05) is 16.7 Å². The summed E-state index contributed by atoms with van der Waals surface area (Å²) < 4.78 is 5.74. The van der Waals surface area contributed by atoms with Gasteiger partial charge in [0.15, 0.2) is 0 Å². The summed E-state index contributed by atoms with van der Waals surface area (Å²) in [6, 6.07) is 10.4. The molecule has 1 N–H and O–H groups in total. The number of hydrogen-bond donors (Lipinski definition) is 1. The van der Waals surface area contributed by atoms with Crippen LogP contribution in [0.15, 0.2) is 45.6 Å². The lowest BCUT2D eigenvalue weighted by Gasteiger charge is -2.10. The lowest BCUT2D eigenvalue weighted by molar-refractivity contribution is 0.467. The highest BCUT2D eigenvalue weighted by molar-refractivity contribution is 6.33. The molecule has 0 aliphatic rings. The number of hydrogen-bond acceptors (Lipinski definition) is 3. The Hall–Kier alpha value is -2.26. The first-order chi connectivity index (χ1) is 10.5. The van der Waals surface area contributed by atoms with Gasteiger partial charge in [-0.2, -0.15) is 0 Å². The molecule has 0 atom stereocenters. The Balaban J connectivity index is 2.40. The van der Waals surface area contributed by atoms with Crippen LogP contribution in [0.4, 0.5) is 0 Å². The molecular formula is C18H15ClO3. The summed E-state index contributed by atoms with van der Waals surface area (Å²) >= 11 is 6.22. The fourth-order valence-corrected chi connectivity index (χ4v) is 2.88. The Morgan fingerprint density at radius 1 is 1.23 bits per heavy atom. The average Bonchev–Trinajstić information content (AvgIpc) is 2.48. The Morgan fingerprint density at radius 2 is 1.95 bits per heavy atom. The summed E-state index contributed by atoms with van der Waals surface area (Å²) in [4.78, 5) is 12.9. The second kappa shape index (κ2) is 5.50. The quantitative estimate of drug-likeness (QED) is 0.746. The number of benzene rings is 2. The van der Waals surface area contributed by atoms with E-state index in [4.69, 9.17) is 16.0 Å². The zero-order valence-electron chi connectivity index (χ0n) is 12.3. The zero-order valence-corrected chi connectivity index (χ0v) is 13.1. The first kappa shape index (κ1) is 14.7. The van der Waals surface area contributed by atoms with E-state index < -0.39 is 0 Å². The molecule has 0 amide bonds. The van der Waals surface area contributed by atoms with Gasteiger partial charge < -0.3 is 9.52 Å². The molecule has 0 aliphatic heterocycles. The van der Waals surface area contributed by atoms with Gasteiger partial charge in [-0.25, -0.2) is 0 Å². The summed E-state index contributed by atoms with van der Waals surface area (Å²) in [6.45, 7) is 3.65. The van der Waals surface area contributed by atoms with Crippen molar-refractivity contribution in [3.63, 3.8) is 0 Å².